The molecule has 1 fully saturated rings. The van der Waals surface area contributed by atoms with Crippen LogP contribution in [0.25, 0.3) is 0 Å². The summed E-state index contributed by atoms with van der Waals surface area (Å²) >= 11 is 0. The van der Waals surface area contributed by atoms with Gasteiger partial charge in [0.15, 0.2) is 0 Å². The Bertz CT molecular complexity index is 368. The van der Waals surface area contributed by atoms with Crippen LogP contribution in [0.1, 0.15) is 70.4 Å². The van der Waals surface area contributed by atoms with E-state index in [1.54, 1.807) is 0 Å². The minimum atomic E-state index is 0. The molecule has 1 aliphatic carbocycles. The maximum Gasteiger partial charge on any atom is 0.0540 e. The van der Waals surface area contributed by atoms with E-state index in [1.807, 2.05) is 26.8 Å². The van der Waals surface area contributed by atoms with Crippen molar-refractivity contribution in [1.29, 1.82) is 0 Å². The predicted molar refractivity (Wildman–Crippen MR) is 94.3 cm³/mol. The fraction of sp³-hybridized carbons (Fsp3) is 0.684. The van der Waals surface area contributed by atoms with E-state index in [0.29, 0.717) is 0 Å². The molecule has 0 spiro atoms. The van der Waals surface area contributed by atoms with E-state index >= 15 is 0 Å². The van der Waals surface area contributed by atoms with Crippen LogP contribution in [0.5, 0.6) is 0 Å². The van der Waals surface area contributed by atoms with Gasteiger partial charge in [0.1, 0.15) is 0 Å². The van der Waals surface area contributed by atoms with Crippen LogP contribution >= 0.6 is 0 Å². The minimum absolute atomic E-state index is 0. The van der Waals surface area contributed by atoms with Gasteiger partial charge in [0.25, 0.3) is 0 Å². The molecule has 1 aromatic rings. The third-order valence-corrected chi connectivity index (χ3v) is 3.90. The van der Waals surface area contributed by atoms with Gasteiger partial charge in [0.2, 0.25) is 0 Å². The number of nitrogens with one attached hydrogen (secondary N) is 1. The minimum Gasteiger partial charge on any atom is -0.393 e. The summed E-state index contributed by atoms with van der Waals surface area (Å²) in [6.07, 6.45) is 7.90. The molecule has 131 valence electrons. The molecule has 0 amide bonds. The van der Waals surface area contributed by atoms with Crippen LogP contribution in [0.4, 0.5) is 0 Å². The molecule has 1 atom stereocenters. The van der Waals surface area contributed by atoms with Gasteiger partial charge < -0.3 is 10.3 Å². The Labute approximate surface area is 168 Å². The van der Waals surface area contributed by atoms with E-state index in [0.717, 1.165) is 25.7 Å². The summed E-state index contributed by atoms with van der Waals surface area (Å²) < 4.78 is 0. The normalized spacial score (nSPS) is 15.2. The summed E-state index contributed by atoms with van der Waals surface area (Å²) in [6.45, 7) is 8.09. The molecule has 0 heterocycles. The zero-order valence-corrected chi connectivity index (χ0v) is 18.2. The largest absolute Gasteiger partial charge is 0.393 e. The Morgan fingerprint density at radius 1 is 1.13 bits per heavy atom. The van der Waals surface area contributed by atoms with E-state index < -0.39 is 0 Å². The first-order valence-corrected chi connectivity index (χ1v) is 8.75. The second-order valence-electron chi connectivity index (χ2n) is 5.79. The van der Waals surface area contributed by atoms with Crippen molar-refractivity contribution >= 4 is 0 Å². The van der Waals surface area contributed by atoms with Gasteiger partial charge in [-0.2, -0.15) is 0 Å². The first-order chi connectivity index (χ1) is 10.6. The van der Waals surface area contributed by atoms with Crippen LogP contribution in [0, 0.1) is 6.92 Å². The predicted octanol–water partition coefficient (Wildman–Crippen LogP) is 4.63. The summed E-state index contributed by atoms with van der Waals surface area (Å²) in [4.78, 5) is 0. The number of aryl methyl sites for hydroxylation is 2. The molecule has 1 radical (unpaired) electrons. The molecule has 0 aromatic heterocycles. The van der Waals surface area contributed by atoms with Gasteiger partial charge in [0, 0.05) is 38.8 Å². The Kier molecular flexibility index (Phi) is 18.9. The van der Waals surface area contributed by atoms with Crippen molar-refractivity contribution in [2.75, 3.05) is 0 Å². The monoisotopic (exact) mass is 398 g/mol. The summed E-state index contributed by atoms with van der Waals surface area (Å²) in [7, 11) is 0. The number of aliphatic hydroxyl groups excluding tert-OH is 1. The van der Waals surface area contributed by atoms with E-state index in [4.69, 9.17) is 10.3 Å². The number of benzene rings is 1. The van der Waals surface area contributed by atoms with Crippen molar-refractivity contribution in [3.8, 4) is 0 Å². The summed E-state index contributed by atoms with van der Waals surface area (Å²) in [5, 5.41) is 17.5. The maximum atomic E-state index is 8.91. The molecule has 2 rings (SSSR count). The second kappa shape index (κ2) is 17.0. The van der Waals surface area contributed by atoms with Gasteiger partial charge in [0.05, 0.1) is 6.10 Å². The van der Waals surface area contributed by atoms with Crippen LogP contribution in [-0.4, -0.2) is 22.5 Å². The fourth-order valence-corrected chi connectivity index (χ4v) is 2.41. The van der Waals surface area contributed by atoms with Crippen molar-refractivity contribution in [3.05, 3.63) is 35.4 Å². The van der Waals surface area contributed by atoms with Crippen molar-refractivity contribution < 1.29 is 43.0 Å². The van der Waals surface area contributed by atoms with Crippen LogP contribution in [0.15, 0.2) is 24.3 Å². The summed E-state index contributed by atoms with van der Waals surface area (Å²) in [5.74, 6) is 0. The molecule has 1 aliphatic rings. The number of hydroxylamine groups is 1. The molecular weight excluding hydrogens is 363 g/mol. The van der Waals surface area contributed by atoms with Crippen LogP contribution in [0.3, 0.4) is 0 Å². The van der Waals surface area contributed by atoms with Gasteiger partial charge >= 0.3 is 0 Å². The molecule has 0 aliphatic heterocycles. The Morgan fingerprint density at radius 3 is 2.13 bits per heavy atom. The number of aliphatic hydroxyl groups is 1. The Hall–Kier alpha value is 0.204. The number of hydrogen-bond donors (Lipinski definition) is 3. The standard InChI is InChI=1S/C11H17NO.C6H12O.C2H6.Y/c1-9-5-3-4-6-11(9)8-7-10(2)12-13;7-6-4-2-1-3-5-6;1-2;/h3-6,10,12-13H,7-8H2,1-2H3;6-7H,1-5H2;1-2H3;. The molecule has 0 saturated heterocycles. The maximum absolute atomic E-state index is 8.91. The molecular formula is C19H35NO2Y. The third-order valence-electron chi connectivity index (χ3n) is 3.90. The van der Waals surface area contributed by atoms with Gasteiger partial charge in [-0.25, -0.2) is 5.48 Å². The van der Waals surface area contributed by atoms with Gasteiger partial charge in [-0.1, -0.05) is 57.4 Å². The van der Waals surface area contributed by atoms with E-state index in [9.17, 15) is 0 Å². The van der Waals surface area contributed by atoms with Crippen LogP contribution in [0.2, 0.25) is 0 Å². The van der Waals surface area contributed by atoms with Crippen molar-refractivity contribution in [2.24, 2.45) is 0 Å². The van der Waals surface area contributed by atoms with E-state index in [1.165, 1.54) is 30.4 Å². The zero-order chi connectivity index (χ0) is 16.8. The van der Waals surface area contributed by atoms with Crippen molar-refractivity contribution in [3.63, 3.8) is 0 Å². The average Bonchev–Trinajstić information content (AvgIpc) is 2.57. The first-order valence-electron chi connectivity index (χ1n) is 8.75. The summed E-state index contributed by atoms with van der Waals surface area (Å²) in [5.41, 5.74) is 4.95. The van der Waals surface area contributed by atoms with E-state index in [2.05, 4.69) is 30.6 Å². The van der Waals surface area contributed by atoms with Gasteiger partial charge in [-0.05, 0) is 50.7 Å². The van der Waals surface area contributed by atoms with E-state index in [-0.39, 0.29) is 44.9 Å². The molecule has 23 heavy (non-hydrogen) atoms. The molecule has 4 heteroatoms. The van der Waals surface area contributed by atoms with Gasteiger partial charge in [-0.15, -0.1) is 0 Å². The van der Waals surface area contributed by atoms with Crippen LogP contribution < -0.4 is 5.48 Å². The molecule has 1 aromatic carbocycles. The smallest absolute Gasteiger partial charge is 0.0540 e. The van der Waals surface area contributed by atoms with Crippen LogP contribution in [-0.2, 0) is 39.1 Å². The molecule has 3 N–H and O–H groups in total. The second-order valence-corrected chi connectivity index (χ2v) is 5.79. The first kappa shape index (κ1) is 25.4. The molecule has 1 unspecified atom stereocenters. The molecule has 1 saturated carbocycles. The fourth-order valence-electron chi connectivity index (χ4n) is 2.41. The third kappa shape index (κ3) is 13.2. The number of rotatable bonds is 4. The molecule has 0 bridgehead atoms. The Balaban J connectivity index is 0. The average molecular weight is 398 g/mol. The Morgan fingerprint density at radius 2 is 1.70 bits per heavy atom. The summed E-state index contributed by atoms with van der Waals surface area (Å²) in [6, 6.07) is 8.53. The van der Waals surface area contributed by atoms with Crippen molar-refractivity contribution in [2.45, 2.75) is 84.8 Å². The van der Waals surface area contributed by atoms with Gasteiger partial charge in [-0.3, -0.25) is 0 Å². The zero-order valence-electron chi connectivity index (χ0n) is 15.4. The molecule has 3 nitrogen and oxygen atoms in total. The topological polar surface area (TPSA) is 52.5 Å². The quantitative estimate of drug-likeness (QED) is 0.649. The van der Waals surface area contributed by atoms with Crippen molar-refractivity contribution in [1.82, 2.24) is 5.48 Å². The SMILES string of the molecule is CC.Cc1ccccc1CCC(C)NO.OC1CCCCC1.[Y]. The number of hydrogen-bond acceptors (Lipinski definition) is 3.